The van der Waals surface area contributed by atoms with E-state index in [0.29, 0.717) is 11.0 Å². The van der Waals surface area contributed by atoms with Gasteiger partial charge in [0.15, 0.2) is 0 Å². The Kier molecular flexibility index (Phi) is 4.55. The molecule has 1 aromatic carbocycles. The van der Waals surface area contributed by atoms with Crippen LogP contribution in [0.4, 0.5) is 5.69 Å². The second-order valence-corrected chi connectivity index (χ2v) is 5.21. The summed E-state index contributed by atoms with van der Waals surface area (Å²) in [6.07, 6.45) is 4.49. The number of rotatable bonds is 4. The van der Waals surface area contributed by atoms with E-state index >= 15 is 0 Å². The quantitative estimate of drug-likeness (QED) is 0.817. The second-order valence-electron chi connectivity index (χ2n) is 4.77. The highest BCUT2D eigenvalue weighted by molar-refractivity contribution is 7.80. The zero-order valence-corrected chi connectivity index (χ0v) is 11.3. The average Bonchev–Trinajstić information content (AvgIpc) is 2.40. The minimum absolute atomic E-state index is 0.256. The van der Waals surface area contributed by atoms with Gasteiger partial charge in [0, 0.05) is 30.4 Å². The van der Waals surface area contributed by atoms with Crippen molar-refractivity contribution in [3.8, 4) is 0 Å². The standard InChI is InChI=1S/C14H20N2OS/c15-14(18)11-4-6-13(7-5-11)16-9-2-1-3-12(16)8-10-17/h4-7,12,17H,1-3,8-10H2,(H2,15,18). The highest BCUT2D eigenvalue weighted by Crippen LogP contribution is 2.26. The summed E-state index contributed by atoms with van der Waals surface area (Å²) in [5.41, 5.74) is 7.71. The molecular formula is C14H20N2OS. The number of nitrogens with two attached hydrogens (primary N) is 1. The molecule has 0 saturated carbocycles. The Hall–Kier alpha value is -1.13. The molecule has 1 atom stereocenters. The van der Waals surface area contributed by atoms with Crippen molar-refractivity contribution < 1.29 is 5.11 Å². The first-order chi connectivity index (χ1) is 8.72. The lowest BCUT2D eigenvalue weighted by Gasteiger charge is -2.37. The molecule has 98 valence electrons. The molecule has 1 aliphatic heterocycles. The van der Waals surface area contributed by atoms with Crippen LogP contribution in [0, 0.1) is 0 Å². The number of aliphatic hydroxyl groups excluding tert-OH is 1. The zero-order chi connectivity index (χ0) is 13.0. The van der Waals surface area contributed by atoms with Gasteiger partial charge in [0.2, 0.25) is 0 Å². The van der Waals surface area contributed by atoms with E-state index in [9.17, 15) is 0 Å². The van der Waals surface area contributed by atoms with E-state index in [0.717, 1.165) is 24.9 Å². The highest BCUT2D eigenvalue weighted by atomic mass is 32.1. The SMILES string of the molecule is NC(=S)c1ccc(N2CCCCC2CCO)cc1. The lowest BCUT2D eigenvalue weighted by Crippen LogP contribution is -2.40. The maximum Gasteiger partial charge on any atom is 0.103 e. The van der Waals surface area contributed by atoms with E-state index < -0.39 is 0 Å². The van der Waals surface area contributed by atoms with Gasteiger partial charge in [0.25, 0.3) is 0 Å². The van der Waals surface area contributed by atoms with Crippen molar-refractivity contribution >= 4 is 22.9 Å². The Morgan fingerprint density at radius 1 is 1.33 bits per heavy atom. The van der Waals surface area contributed by atoms with Gasteiger partial charge < -0.3 is 15.7 Å². The number of thiocarbonyl (C=S) groups is 1. The summed E-state index contributed by atoms with van der Waals surface area (Å²) < 4.78 is 0. The molecule has 0 radical (unpaired) electrons. The number of nitrogens with zero attached hydrogens (tertiary/aromatic N) is 1. The summed E-state index contributed by atoms with van der Waals surface area (Å²) in [5.74, 6) is 0. The molecule has 3 N–H and O–H groups in total. The fraction of sp³-hybridized carbons (Fsp3) is 0.500. The molecule has 1 fully saturated rings. The van der Waals surface area contributed by atoms with Gasteiger partial charge in [0.1, 0.15) is 4.99 Å². The van der Waals surface area contributed by atoms with Gasteiger partial charge >= 0.3 is 0 Å². The highest BCUT2D eigenvalue weighted by Gasteiger charge is 2.21. The number of benzene rings is 1. The maximum absolute atomic E-state index is 9.14. The summed E-state index contributed by atoms with van der Waals surface area (Å²) in [7, 11) is 0. The Balaban J connectivity index is 2.15. The van der Waals surface area contributed by atoms with E-state index in [2.05, 4.69) is 17.0 Å². The Morgan fingerprint density at radius 3 is 2.67 bits per heavy atom. The van der Waals surface area contributed by atoms with Gasteiger partial charge in [-0.2, -0.15) is 0 Å². The summed E-state index contributed by atoms with van der Waals surface area (Å²) in [5, 5.41) is 9.14. The van der Waals surface area contributed by atoms with Crippen LogP contribution < -0.4 is 10.6 Å². The summed E-state index contributed by atoms with van der Waals surface area (Å²) in [6.45, 7) is 1.32. The number of aliphatic hydroxyl groups is 1. The van der Waals surface area contributed by atoms with Gasteiger partial charge in [-0.1, -0.05) is 12.2 Å². The van der Waals surface area contributed by atoms with Crippen LogP contribution in [0.2, 0.25) is 0 Å². The minimum Gasteiger partial charge on any atom is -0.396 e. The Labute approximate surface area is 114 Å². The van der Waals surface area contributed by atoms with Crippen LogP contribution in [-0.2, 0) is 0 Å². The van der Waals surface area contributed by atoms with Gasteiger partial charge in [-0.25, -0.2) is 0 Å². The van der Waals surface area contributed by atoms with Crippen molar-refractivity contribution in [2.24, 2.45) is 5.73 Å². The monoisotopic (exact) mass is 264 g/mol. The van der Waals surface area contributed by atoms with Crippen LogP contribution in [0.3, 0.4) is 0 Å². The molecule has 0 spiro atoms. The molecule has 4 heteroatoms. The van der Waals surface area contributed by atoms with E-state index in [-0.39, 0.29) is 6.61 Å². The molecule has 0 aliphatic carbocycles. The van der Waals surface area contributed by atoms with Crippen molar-refractivity contribution in [2.45, 2.75) is 31.7 Å². The normalized spacial score (nSPS) is 19.8. The number of hydrogen-bond acceptors (Lipinski definition) is 3. The van der Waals surface area contributed by atoms with E-state index in [1.54, 1.807) is 0 Å². The molecule has 0 aromatic heterocycles. The molecule has 1 aromatic rings. The molecular weight excluding hydrogens is 244 g/mol. The molecule has 3 nitrogen and oxygen atoms in total. The summed E-state index contributed by atoms with van der Waals surface area (Å²) >= 11 is 4.96. The fourth-order valence-corrected chi connectivity index (χ4v) is 2.74. The van der Waals surface area contributed by atoms with Crippen LogP contribution in [0.15, 0.2) is 24.3 Å². The maximum atomic E-state index is 9.14. The lowest BCUT2D eigenvalue weighted by atomic mass is 9.98. The third kappa shape index (κ3) is 3.00. The van der Waals surface area contributed by atoms with Crippen LogP contribution in [0.25, 0.3) is 0 Å². The largest absolute Gasteiger partial charge is 0.396 e. The summed E-state index contributed by atoms with van der Waals surface area (Å²) in [6, 6.07) is 8.55. The number of anilines is 1. The minimum atomic E-state index is 0.256. The topological polar surface area (TPSA) is 49.5 Å². The number of hydrogen-bond donors (Lipinski definition) is 2. The molecule has 1 aliphatic rings. The second kappa shape index (κ2) is 6.16. The van der Waals surface area contributed by atoms with E-state index in [1.807, 2.05) is 12.1 Å². The molecule has 2 rings (SSSR count). The predicted molar refractivity (Wildman–Crippen MR) is 79.0 cm³/mol. The molecule has 1 saturated heterocycles. The van der Waals surface area contributed by atoms with Crippen LogP contribution in [-0.4, -0.2) is 29.3 Å². The van der Waals surface area contributed by atoms with Crippen LogP contribution >= 0.6 is 12.2 Å². The molecule has 0 bridgehead atoms. The third-order valence-electron chi connectivity index (χ3n) is 3.57. The average molecular weight is 264 g/mol. The van der Waals surface area contributed by atoms with Crippen molar-refractivity contribution in [3.05, 3.63) is 29.8 Å². The molecule has 1 unspecified atom stereocenters. The van der Waals surface area contributed by atoms with Gasteiger partial charge in [-0.15, -0.1) is 0 Å². The van der Waals surface area contributed by atoms with E-state index in [1.165, 1.54) is 18.5 Å². The van der Waals surface area contributed by atoms with Gasteiger partial charge in [-0.05, 0) is 49.9 Å². The number of piperidine rings is 1. The van der Waals surface area contributed by atoms with Crippen molar-refractivity contribution in [1.82, 2.24) is 0 Å². The first-order valence-electron chi connectivity index (χ1n) is 6.49. The lowest BCUT2D eigenvalue weighted by molar-refractivity contribution is 0.262. The van der Waals surface area contributed by atoms with Crippen LogP contribution in [0.1, 0.15) is 31.2 Å². The predicted octanol–water partition coefficient (Wildman–Crippen LogP) is 2.06. The molecule has 18 heavy (non-hydrogen) atoms. The Morgan fingerprint density at radius 2 is 2.06 bits per heavy atom. The fourth-order valence-electron chi connectivity index (χ4n) is 2.61. The van der Waals surface area contributed by atoms with Crippen LogP contribution in [0.5, 0.6) is 0 Å². The first-order valence-corrected chi connectivity index (χ1v) is 6.90. The van der Waals surface area contributed by atoms with Crippen molar-refractivity contribution in [2.75, 3.05) is 18.1 Å². The van der Waals surface area contributed by atoms with E-state index in [4.69, 9.17) is 23.1 Å². The van der Waals surface area contributed by atoms with Crippen molar-refractivity contribution in [3.63, 3.8) is 0 Å². The third-order valence-corrected chi connectivity index (χ3v) is 3.81. The molecule has 1 heterocycles. The smallest absolute Gasteiger partial charge is 0.103 e. The van der Waals surface area contributed by atoms with Gasteiger partial charge in [0.05, 0.1) is 0 Å². The first kappa shape index (κ1) is 13.3. The van der Waals surface area contributed by atoms with Crippen molar-refractivity contribution in [1.29, 1.82) is 0 Å². The summed E-state index contributed by atoms with van der Waals surface area (Å²) in [4.78, 5) is 2.83. The molecule has 0 amide bonds. The zero-order valence-electron chi connectivity index (χ0n) is 10.5. The Bertz CT molecular complexity index is 403. The van der Waals surface area contributed by atoms with Gasteiger partial charge in [-0.3, -0.25) is 0 Å².